The molecule has 0 unspecified atom stereocenters. The number of benzene rings is 2. The van der Waals surface area contributed by atoms with E-state index in [-0.39, 0.29) is 30.3 Å². The Morgan fingerprint density at radius 3 is 2.51 bits per heavy atom. The Hall–Kier alpha value is -2.36. The molecular formula is C28H32BrNO5S2. The van der Waals surface area contributed by atoms with Crippen molar-refractivity contribution in [3.8, 4) is 11.5 Å². The first kappa shape index (κ1) is 29.2. The number of hydrogen-bond donors (Lipinski definition) is 0. The monoisotopic (exact) mass is 605 g/mol. The summed E-state index contributed by atoms with van der Waals surface area (Å²) in [4.78, 5) is 26.7. The van der Waals surface area contributed by atoms with E-state index in [1.807, 2.05) is 19.1 Å². The molecule has 0 saturated carbocycles. The van der Waals surface area contributed by atoms with Crippen LogP contribution in [0.1, 0.15) is 57.2 Å². The highest BCUT2D eigenvalue weighted by Crippen LogP contribution is 2.39. The summed E-state index contributed by atoms with van der Waals surface area (Å²) in [6.07, 6.45) is 2.62. The number of carbonyl (C=O) groups is 2. The van der Waals surface area contributed by atoms with Gasteiger partial charge in [0.05, 0.1) is 29.5 Å². The standard InChI is InChI=1S/C28H32BrNO5S2/c1-6-13-34-24(31)11-12-30-26(32)23(37-27(30)36)16-19-14-21(29)25(22(15-19)33-5)35-17-18-7-9-20(10-8-18)28(2,3)4/h7-10,14-16H,6,11-13,17H2,1-5H3/b23-16+. The van der Waals surface area contributed by atoms with Crippen LogP contribution < -0.4 is 9.47 Å². The molecule has 3 rings (SSSR count). The van der Waals surface area contributed by atoms with Crippen LogP contribution in [0.25, 0.3) is 6.08 Å². The Kier molecular flexibility index (Phi) is 10.2. The van der Waals surface area contributed by atoms with E-state index in [0.29, 0.717) is 38.4 Å². The summed E-state index contributed by atoms with van der Waals surface area (Å²) in [6.45, 7) is 9.44. The van der Waals surface area contributed by atoms with Crippen LogP contribution in [0, 0.1) is 0 Å². The van der Waals surface area contributed by atoms with Gasteiger partial charge in [0.15, 0.2) is 11.5 Å². The van der Waals surface area contributed by atoms with E-state index in [1.165, 1.54) is 22.2 Å². The van der Waals surface area contributed by atoms with E-state index in [9.17, 15) is 9.59 Å². The normalized spacial score (nSPS) is 14.9. The Labute approximate surface area is 236 Å². The molecule has 0 aliphatic carbocycles. The third-order valence-corrected chi connectivity index (χ3v) is 7.60. The van der Waals surface area contributed by atoms with E-state index in [4.69, 9.17) is 26.4 Å². The zero-order valence-corrected chi connectivity index (χ0v) is 25.0. The van der Waals surface area contributed by atoms with Gasteiger partial charge in [0.25, 0.3) is 5.91 Å². The van der Waals surface area contributed by atoms with Crippen molar-refractivity contribution in [2.75, 3.05) is 20.3 Å². The summed E-state index contributed by atoms with van der Waals surface area (Å²) in [5.41, 5.74) is 3.17. The lowest BCUT2D eigenvalue weighted by Gasteiger charge is -2.19. The lowest BCUT2D eigenvalue weighted by molar-refractivity contribution is -0.143. The second-order valence-corrected chi connectivity index (χ2v) is 12.1. The highest BCUT2D eigenvalue weighted by atomic mass is 79.9. The summed E-state index contributed by atoms with van der Waals surface area (Å²) < 4.78 is 17.9. The molecule has 1 amide bonds. The van der Waals surface area contributed by atoms with Crippen LogP contribution in [-0.4, -0.2) is 41.4 Å². The summed E-state index contributed by atoms with van der Waals surface area (Å²) in [5, 5.41) is 0. The van der Waals surface area contributed by atoms with E-state index >= 15 is 0 Å². The maximum absolute atomic E-state index is 12.9. The van der Waals surface area contributed by atoms with Crippen LogP contribution in [0.3, 0.4) is 0 Å². The van der Waals surface area contributed by atoms with Gasteiger partial charge in [-0.15, -0.1) is 0 Å². The van der Waals surface area contributed by atoms with Gasteiger partial charge in [-0.25, -0.2) is 0 Å². The third kappa shape index (κ3) is 7.82. The van der Waals surface area contributed by atoms with E-state index < -0.39 is 0 Å². The van der Waals surface area contributed by atoms with Crippen molar-refractivity contribution in [2.45, 2.75) is 52.6 Å². The lowest BCUT2D eigenvalue weighted by atomic mass is 9.87. The first-order valence-electron chi connectivity index (χ1n) is 12.0. The van der Waals surface area contributed by atoms with Crippen LogP contribution >= 0.6 is 39.9 Å². The van der Waals surface area contributed by atoms with Gasteiger partial charge in [-0.2, -0.15) is 0 Å². The molecule has 37 heavy (non-hydrogen) atoms. The number of methoxy groups -OCH3 is 1. The smallest absolute Gasteiger partial charge is 0.307 e. The van der Waals surface area contributed by atoms with Crippen molar-refractivity contribution in [1.29, 1.82) is 0 Å². The molecule has 6 nitrogen and oxygen atoms in total. The predicted molar refractivity (Wildman–Crippen MR) is 156 cm³/mol. The van der Waals surface area contributed by atoms with Gasteiger partial charge >= 0.3 is 5.97 Å². The average molecular weight is 607 g/mol. The number of esters is 1. The Bertz CT molecular complexity index is 1190. The van der Waals surface area contributed by atoms with Crippen molar-refractivity contribution < 1.29 is 23.8 Å². The topological polar surface area (TPSA) is 65.1 Å². The van der Waals surface area contributed by atoms with Crippen LogP contribution in [-0.2, 0) is 26.3 Å². The number of ether oxygens (including phenoxy) is 3. The molecule has 1 aliphatic heterocycles. The molecular weight excluding hydrogens is 574 g/mol. The van der Waals surface area contributed by atoms with Crippen LogP contribution in [0.2, 0.25) is 0 Å². The Morgan fingerprint density at radius 2 is 1.89 bits per heavy atom. The minimum Gasteiger partial charge on any atom is -0.493 e. The second-order valence-electron chi connectivity index (χ2n) is 9.57. The fourth-order valence-corrected chi connectivity index (χ4v) is 5.44. The van der Waals surface area contributed by atoms with Crippen LogP contribution in [0.15, 0.2) is 45.8 Å². The van der Waals surface area contributed by atoms with Gasteiger partial charge < -0.3 is 14.2 Å². The number of halogens is 1. The van der Waals surface area contributed by atoms with Crippen molar-refractivity contribution in [1.82, 2.24) is 4.90 Å². The molecule has 198 valence electrons. The molecule has 2 aromatic rings. The summed E-state index contributed by atoms with van der Waals surface area (Å²) >= 11 is 10.2. The number of thiocarbonyl (C=S) groups is 1. The van der Waals surface area contributed by atoms with Crippen molar-refractivity contribution in [3.05, 3.63) is 62.5 Å². The minimum absolute atomic E-state index is 0.0935. The molecule has 1 saturated heterocycles. The predicted octanol–water partition coefficient (Wildman–Crippen LogP) is 6.88. The van der Waals surface area contributed by atoms with Crippen molar-refractivity contribution in [2.24, 2.45) is 0 Å². The van der Waals surface area contributed by atoms with E-state index in [2.05, 4.69) is 61.0 Å². The van der Waals surface area contributed by atoms with E-state index in [0.717, 1.165) is 17.5 Å². The first-order valence-corrected chi connectivity index (χ1v) is 14.1. The maximum atomic E-state index is 12.9. The molecule has 0 spiro atoms. The highest BCUT2D eigenvalue weighted by Gasteiger charge is 2.32. The largest absolute Gasteiger partial charge is 0.493 e. The van der Waals surface area contributed by atoms with Gasteiger partial charge in [0, 0.05) is 6.54 Å². The van der Waals surface area contributed by atoms with Gasteiger partial charge in [-0.1, -0.05) is 75.9 Å². The molecule has 0 atom stereocenters. The SMILES string of the molecule is CCCOC(=O)CCN1C(=O)/C(=C\c2cc(Br)c(OCc3ccc(C(C)(C)C)cc3)c(OC)c2)SC1=S. The second kappa shape index (κ2) is 12.9. The summed E-state index contributed by atoms with van der Waals surface area (Å²) in [5.74, 6) is 0.556. The maximum Gasteiger partial charge on any atom is 0.307 e. The number of rotatable bonds is 10. The quantitative estimate of drug-likeness (QED) is 0.166. The average Bonchev–Trinajstić information content (AvgIpc) is 3.11. The van der Waals surface area contributed by atoms with Gasteiger partial charge in [0.2, 0.25) is 0 Å². The zero-order valence-electron chi connectivity index (χ0n) is 21.8. The molecule has 1 heterocycles. The van der Waals surface area contributed by atoms with E-state index in [1.54, 1.807) is 13.2 Å². The highest BCUT2D eigenvalue weighted by molar-refractivity contribution is 9.10. The molecule has 0 aromatic heterocycles. The Balaban J connectivity index is 1.71. The molecule has 2 aromatic carbocycles. The van der Waals surface area contributed by atoms with Crippen LogP contribution in [0.5, 0.6) is 11.5 Å². The molecule has 9 heteroatoms. The first-order chi connectivity index (χ1) is 17.5. The fourth-order valence-electron chi connectivity index (χ4n) is 3.55. The van der Waals surface area contributed by atoms with Gasteiger partial charge in [-0.05, 0) is 62.7 Å². The zero-order chi connectivity index (χ0) is 27.2. The number of thioether (sulfide) groups is 1. The number of nitrogens with zero attached hydrogens (tertiary/aromatic N) is 1. The number of amides is 1. The molecule has 0 radical (unpaired) electrons. The van der Waals surface area contributed by atoms with Crippen molar-refractivity contribution in [3.63, 3.8) is 0 Å². The summed E-state index contributed by atoms with van der Waals surface area (Å²) in [7, 11) is 1.58. The van der Waals surface area contributed by atoms with Gasteiger partial charge in [-0.3, -0.25) is 14.5 Å². The lowest BCUT2D eigenvalue weighted by Crippen LogP contribution is -2.30. The Morgan fingerprint density at radius 1 is 1.19 bits per heavy atom. The molecule has 1 fully saturated rings. The van der Waals surface area contributed by atoms with Gasteiger partial charge in [0.1, 0.15) is 10.9 Å². The fraction of sp³-hybridized carbons (Fsp3) is 0.393. The molecule has 1 aliphatic rings. The number of carbonyl (C=O) groups excluding carboxylic acids is 2. The summed E-state index contributed by atoms with van der Waals surface area (Å²) in [6, 6.07) is 12.1. The number of hydrogen-bond acceptors (Lipinski definition) is 7. The molecule has 0 N–H and O–H groups in total. The molecule has 0 bridgehead atoms. The minimum atomic E-state index is -0.339. The third-order valence-electron chi connectivity index (χ3n) is 5.63. The van der Waals surface area contributed by atoms with Crippen LogP contribution in [0.4, 0.5) is 0 Å². The van der Waals surface area contributed by atoms with Crippen molar-refractivity contribution >= 4 is 62.2 Å².